The van der Waals surface area contributed by atoms with E-state index in [1.54, 1.807) is 24.3 Å². The second-order valence-electron chi connectivity index (χ2n) is 4.78. The van der Waals surface area contributed by atoms with Gasteiger partial charge in [-0.05, 0) is 11.6 Å². The van der Waals surface area contributed by atoms with Gasteiger partial charge in [0.25, 0.3) is 5.69 Å². The Kier molecular flexibility index (Phi) is 4.95. The van der Waals surface area contributed by atoms with E-state index in [9.17, 15) is 19.3 Å². The highest BCUT2D eigenvalue weighted by atomic mass is 19.1. The van der Waals surface area contributed by atoms with E-state index in [4.69, 9.17) is 11.5 Å². The summed E-state index contributed by atoms with van der Waals surface area (Å²) >= 11 is 0. The fourth-order valence-corrected chi connectivity index (χ4v) is 2.15. The summed E-state index contributed by atoms with van der Waals surface area (Å²) in [5.74, 6) is -2.05. The molecule has 0 aliphatic rings. The summed E-state index contributed by atoms with van der Waals surface area (Å²) in [4.78, 5) is 22.0. The highest BCUT2D eigenvalue weighted by Gasteiger charge is 2.27. The number of nitrogens with two attached hydrogens (primary N) is 2. The Hall–Kier alpha value is -3.20. The molecule has 0 unspecified atom stereocenters. The smallest absolute Gasteiger partial charge is 0.340 e. The molecular formula is C15H15FN4O4. The molecule has 0 radical (unpaired) electrons. The number of carbonyl (C=O) groups is 1. The van der Waals surface area contributed by atoms with E-state index >= 15 is 0 Å². The number of nitrogens with one attached hydrogen (secondary N) is 1. The zero-order chi connectivity index (χ0) is 17.9. The van der Waals surface area contributed by atoms with Gasteiger partial charge in [-0.3, -0.25) is 10.1 Å². The first-order valence-electron chi connectivity index (χ1n) is 6.80. The topological polar surface area (TPSA) is 134 Å². The van der Waals surface area contributed by atoms with Crippen molar-refractivity contribution >= 4 is 28.7 Å². The number of nitrogens with zero attached hydrogens (tertiary/aromatic N) is 1. The predicted octanol–water partition coefficient (Wildman–Crippen LogP) is 2.31. The quantitative estimate of drug-likeness (QED) is 0.330. The normalized spacial score (nSPS) is 10.3. The van der Waals surface area contributed by atoms with Crippen LogP contribution in [0.5, 0.6) is 0 Å². The molecule has 0 aliphatic heterocycles. The Morgan fingerprint density at radius 3 is 2.67 bits per heavy atom. The molecule has 8 nitrogen and oxygen atoms in total. The van der Waals surface area contributed by atoms with Gasteiger partial charge in [-0.1, -0.05) is 18.2 Å². The molecule has 5 N–H and O–H groups in total. The Morgan fingerprint density at radius 1 is 1.42 bits per heavy atom. The van der Waals surface area contributed by atoms with Gasteiger partial charge in [0, 0.05) is 18.3 Å². The van der Waals surface area contributed by atoms with E-state index in [0.717, 1.165) is 13.2 Å². The van der Waals surface area contributed by atoms with Crippen molar-refractivity contribution in [2.45, 2.75) is 6.54 Å². The summed E-state index contributed by atoms with van der Waals surface area (Å²) < 4.78 is 19.1. The van der Waals surface area contributed by atoms with Crippen LogP contribution in [0, 0.1) is 15.9 Å². The number of para-hydroxylation sites is 1. The van der Waals surface area contributed by atoms with Gasteiger partial charge in [-0.25, -0.2) is 9.18 Å². The number of esters is 1. The average Bonchev–Trinajstić information content (AvgIpc) is 2.58. The van der Waals surface area contributed by atoms with Crippen LogP contribution in [-0.2, 0) is 11.3 Å². The zero-order valence-electron chi connectivity index (χ0n) is 12.7. The van der Waals surface area contributed by atoms with Crippen LogP contribution in [0.2, 0.25) is 0 Å². The van der Waals surface area contributed by atoms with Gasteiger partial charge >= 0.3 is 5.97 Å². The third kappa shape index (κ3) is 3.10. The summed E-state index contributed by atoms with van der Waals surface area (Å²) in [6, 6.07) is 7.64. The SMILES string of the molecule is COC(=O)c1cc([N+](=O)[O-])c(N)c(F)c1Nc1ccccc1CN. The number of nitrogen functional groups attached to an aromatic ring is 1. The van der Waals surface area contributed by atoms with Gasteiger partial charge in [0.15, 0.2) is 5.82 Å². The second-order valence-corrected chi connectivity index (χ2v) is 4.78. The van der Waals surface area contributed by atoms with Crippen molar-refractivity contribution in [3.8, 4) is 0 Å². The van der Waals surface area contributed by atoms with Gasteiger partial charge in [-0.15, -0.1) is 0 Å². The monoisotopic (exact) mass is 334 g/mol. The fraction of sp³-hybridized carbons (Fsp3) is 0.133. The van der Waals surface area contributed by atoms with Crippen molar-refractivity contribution in [3.63, 3.8) is 0 Å². The molecule has 0 atom stereocenters. The zero-order valence-corrected chi connectivity index (χ0v) is 12.7. The number of nitro benzene ring substituents is 1. The summed E-state index contributed by atoms with van der Waals surface area (Å²) in [6.07, 6.45) is 0. The summed E-state index contributed by atoms with van der Waals surface area (Å²) in [5, 5.41) is 13.7. The highest BCUT2D eigenvalue weighted by molar-refractivity contribution is 5.99. The lowest BCUT2D eigenvalue weighted by molar-refractivity contribution is -0.384. The van der Waals surface area contributed by atoms with E-state index in [2.05, 4.69) is 10.1 Å². The standard InChI is InChI=1S/C15H15FN4O4/c1-24-15(21)9-6-11(20(22)23)13(18)12(16)14(9)19-10-5-3-2-4-8(10)7-17/h2-6,19H,7,17-18H2,1H3. The lowest BCUT2D eigenvalue weighted by Crippen LogP contribution is -2.12. The van der Waals surface area contributed by atoms with E-state index in [0.29, 0.717) is 11.3 Å². The van der Waals surface area contributed by atoms with Crippen LogP contribution in [0.25, 0.3) is 0 Å². The van der Waals surface area contributed by atoms with Crippen LogP contribution in [0.3, 0.4) is 0 Å². The molecule has 2 aromatic carbocycles. The number of halogens is 1. The number of rotatable bonds is 5. The molecule has 0 aliphatic carbocycles. The number of hydrogen-bond acceptors (Lipinski definition) is 7. The third-order valence-corrected chi connectivity index (χ3v) is 3.38. The highest BCUT2D eigenvalue weighted by Crippen LogP contribution is 2.36. The van der Waals surface area contributed by atoms with Gasteiger partial charge in [0.1, 0.15) is 5.69 Å². The minimum absolute atomic E-state index is 0.167. The maximum absolute atomic E-state index is 14.6. The van der Waals surface area contributed by atoms with Gasteiger partial charge in [-0.2, -0.15) is 0 Å². The molecule has 0 saturated carbocycles. The molecule has 0 fully saturated rings. The molecule has 0 heterocycles. The van der Waals surface area contributed by atoms with Crippen molar-refractivity contribution in [3.05, 3.63) is 57.4 Å². The maximum atomic E-state index is 14.6. The minimum Gasteiger partial charge on any atom is -0.465 e. The maximum Gasteiger partial charge on any atom is 0.340 e. The third-order valence-electron chi connectivity index (χ3n) is 3.38. The molecule has 0 spiro atoms. The Balaban J connectivity index is 2.65. The molecular weight excluding hydrogens is 319 g/mol. The second kappa shape index (κ2) is 6.92. The van der Waals surface area contributed by atoms with Crippen LogP contribution in [0.15, 0.2) is 30.3 Å². The summed E-state index contributed by atoms with van der Waals surface area (Å²) in [6.45, 7) is 0.167. The van der Waals surface area contributed by atoms with Crippen molar-refractivity contribution in [2.75, 3.05) is 18.2 Å². The number of anilines is 3. The Labute approximate surface area is 136 Å². The van der Waals surface area contributed by atoms with Crippen LogP contribution in [0.4, 0.5) is 27.1 Å². The average molecular weight is 334 g/mol. The van der Waals surface area contributed by atoms with Crippen LogP contribution in [-0.4, -0.2) is 18.0 Å². The van der Waals surface area contributed by atoms with Crippen molar-refractivity contribution in [1.82, 2.24) is 0 Å². The molecule has 2 aromatic rings. The number of benzene rings is 2. The summed E-state index contributed by atoms with van der Waals surface area (Å²) in [7, 11) is 1.08. The van der Waals surface area contributed by atoms with Gasteiger partial charge in [0.05, 0.1) is 23.3 Å². The van der Waals surface area contributed by atoms with Crippen LogP contribution >= 0.6 is 0 Å². The molecule has 0 saturated heterocycles. The van der Waals surface area contributed by atoms with Crippen LogP contribution in [0.1, 0.15) is 15.9 Å². The molecule has 0 bridgehead atoms. The van der Waals surface area contributed by atoms with Gasteiger partial charge in [0.2, 0.25) is 0 Å². The lowest BCUT2D eigenvalue weighted by Gasteiger charge is -2.15. The number of nitro groups is 1. The van der Waals surface area contributed by atoms with Gasteiger partial charge < -0.3 is 21.5 Å². The van der Waals surface area contributed by atoms with Crippen molar-refractivity contribution in [2.24, 2.45) is 5.73 Å². The molecule has 9 heteroatoms. The Morgan fingerprint density at radius 2 is 2.08 bits per heavy atom. The number of hydrogen-bond donors (Lipinski definition) is 3. The first kappa shape index (κ1) is 17.2. The fourth-order valence-electron chi connectivity index (χ4n) is 2.15. The van der Waals surface area contributed by atoms with Crippen molar-refractivity contribution in [1.29, 1.82) is 0 Å². The predicted molar refractivity (Wildman–Crippen MR) is 86.4 cm³/mol. The largest absolute Gasteiger partial charge is 0.465 e. The number of ether oxygens (including phenoxy) is 1. The first-order chi connectivity index (χ1) is 11.4. The lowest BCUT2D eigenvalue weighted by atomic mass is 10.1. The first-order valence-corrected chi connectivity index (χ1v) is 6.80. The van der Waals surface area contributed by atoms with E-state index in [1.165, 1.54) is 0 Å². The van der Waals surface area contributed by atoms with E-state index in [1.807, 2.05) is 0 Å². The minimum atomic E-state index is -1.11. The molecule has 126 valence electrons. The molecule has 2 rings (SSSR count). The molecule has 0 aromatic heterocycles. The number of methoxy groups -OCH3 is 1. The van der Waals surface area contributed by atoms with E-state index in [-0.39, 0.29) is 17.8 Å². The summed E-state index contributed by atoms with van der Waals surface area (Å²) in [5.41, 5.74) is 10.1. The van der Waals surface area contributed by atoms with Crippen LogP contribution < -0.4 is 16.8 Å². The molecule has 0 amide bonds. The van der Waals surface area contributed by atoms with E-state index < -0.39 is 28.1 Å². The molecule has 24 heavy (non-hydrogen) atoms. The number of carbonyl (C=O) groups excluding carboxylic acids is 1. The Bertz CT molecular complexity index is 810. The van der Waals surface area contributed by atoms with Crippen molar-refractivity contribution < 1.29 is 18.8 Å².